The van der Waals surface area contributed by atoms with Gasteiger partial charge in [0.2, 0.25) is 0 Å². The van der Waals surface area contributed by atoms with Crippen molar-refractivity contribution in [3.63, 3.8) is 0 Å². The van der Waals surface area contributed by atoms with E-state index in [0.29, 0.717) is 0 Å². The molecule has 1 aliphatic carbocycles. The topological polar surface area (TPSA) is 3.24 Å². The Bertz CT molecular complexity index is 3590. The van der Waals surface area contributed by atoms with Crippen molar-refractivity contribution in [2.75, 3.05) is 4.90 Å². The van der Waals surface area contributed by atoms with E-state index in [2.05, 4.69) is 267 Å². The first-order valence-electron chi connectivity index (χ1n) is 23.0. The molecule has 0 saturated heterocycles. The Labute approximate surface area is 387 Å². The van der Waals surface area contributed by atoms with Gasteiger partial charge in [0.1, 0.15) is 0 Å². The second-order valence-corrected chi connectivity index (χ2v) is 18.0. The molecule has 66 heavy (non-hydrogen) atoms. The molecule has 0 aliphatic heterocycles. The van der Waals surface area contributed by atoms with Gasteiger partial charge >= 0.3 is 0 Å². The Morgan fingerprint density at radius 3 is 1.52 bits per heavy atom. The predicted octanol–water partition coefficient (Wildman–Crippen LogP) is 18.1. The zero-order valence-electron chi connectivity index (χ0n) is 37.1. The van der Waals surface area contributed by atoms with Crippen molar-refractivity contribution in [2.45, 2.75) is 19.3 Å². The first kappa shape index (κ1) is 39.3. The van der Waals surface area contributed by atoms with Crippen LogP contribution < -0.4 is 4.90 Å². The lowest BCUT2D eigenvalue weighted by molar-refractivity contribution is 0.660. The van der Waals surface area contributed by atoms with E-state index in [1.54, 1.807) is 0 Å². The Morgan fingerprint density at radius 1 is 0.288 bits per heavy atom. The third-order valence-electron chi connectivity index (χ3n) is 13.9. The summed E-state index contributed by atoms with van der Waals surface area (Å²) in [6.07, 6.45) is 0. The molecule has 0 unspecified atom stereocenters. The van der Waals surface area contributed by atoms with Gasteiger partial charge in [-0.2, -0.15) is 0 Å². The molecule has 0 atom stereocenters. The quantitative estimate of drug-likeness (QED) is 0.138. The molecule has 0 radical (unpaired) electrons. The van der Waals surface area contributed by atoms with Gasteiger partial charge in [0.15, 0.2) is 0 Å². The van der Waals surface area contributed by atoms with Crippen molar-refractivity contribution in [3.05, 3.63) is 260 Å². The molecule has 1 aliphatic rings. The van der Waals surface area contributed by atoms with Gasteiger partial charge in [-0.25, -0.2) is 0 Å². The number of rotatable bonds is 8. The molecule has 12 rings (SSSR count). The summed E-state index contributed by atoms with van der Waals surface area (Å²) in [6.45, 7) is 4.75. The zero-order valence-corrected chi connectivity index (χ0v) is 37.1. The molecule has 0 bridgehead atoms. The third kappa shape index (κ3) is 6.63. The smallest absolute Gasteiger partial charge is 0.0546 e. The van der Waals surface area contributed by atoms with Crippen molar-refractivity contribution < 1.29 is 0 Å². The highest BCUT2D eigenvalue weighted by molar-refractivity contribution is 6.16. The average Bonchev–Trinajstić information content (AvgIpc) is 3.62. The predicted molar refractivity (Wildman–Crippen MR) is 281 cm³/mol. The van der Waals surface area contributed by atoms with Gasteiger partial charge in [0, 0.05) is 22.4 Å². The van der Waals surface area contributed by atoms with Gasteiger partial charge in [-0.15, -0.1) is 0 Å². The third-order valence-corrected chi connectivity index (χ3v) is 13.9. The monoisotopic (exact) mass is 841 g/mol. The fourth-order valence-corrected chi connectivity index (χ4v) is 10.6. The number of anilines is 3. The van der Waals surface area contributed by atoms with Crippen LogP contribution in [0.2, 0.25) is 0 Å². The van der Waals surface area contributed by atoms with Crippen molar-refractivity contribution in [2.24, 2.45) is 0 Å². The normalized spacial score (nSPS) is 12.5. The molecule has 0 fully saturated rings. The molecule has 0 saturated carbocycles. The summed E-state index contributed by atoms with van der Waals surface area (Å²) in [5.74, 6) is 0. The van der Waals surface area contributed by atoms with Crippen LogP contribution in [0.3, 0.4) is 0 Å². The summed E-state index contributed by atoms with van der Waals surface area (Å²) in [4.78, 5) is 2.53. The Morgan fingerprint density at radius 2 is 0.788 bits per heavy atom. The summed E-state index contributed by atoms with van der Waals surface area (Å²) in [5.41, 5.74) is 20.3. The van der Waals surface area contributed by atoms with Gasteiger partial charge in [0.25, 0.3) is 0 Å². The van der Waals surface area contributed by atoms with Crippen LogP contribution in [-0.2, 0) is 5.41 Å². The summed E-state index contributed by atoms with van der Waals surface area (Å²) in [6, 6.07) is 91.7. The van der Waals surface area contributed by atoms with Gasteiger partial charge < -0.3 is 4.90 Å². The Kier molecular flexibility index (Phi) is 9.58. The molecule has 0 N–H and O–H groups in total. The van der Waals surface area contributed by atoms with E-state index in [1.807, 2.05) is 0 Å². The highest BCUT2D eigenvalue weighted by atomic mass is 15.1. The average molecular weight is 842 g/mol. The molecule has 0 aromatic heterocycles. The molecular formula is C65H47N. The van der Waals surface area contributed by atoms with Crippen LogP contribution in [0, 0.1) is 0 Å². The summed E-state index contributed by atoms with van der Waals surface area (Å²) < 4.78 is 0. The van der Waals surface area contributed by atoms with E-state index in [4.69, 9.17) is 0 Å². The molecule has 0 spiro atoms. The van der Waals surface area contributed by atoms with E-state index < -0.39 is 0 Å². The minimum absolute atomic E-state index is 0.181. The van der Waals surface area contributed by atoms with Crippen molar-refractivity contribution in [3.8, 4) is 66.8 Å². The van der Waals surface area contributed by atoms with Crippen molar-refractivity contribution in [1.82, 2.24) is 0 Å². The number of benzene rings is 11. The second kappa shape index (κ2) is 16.1. The highest BCUT2D eigenvalue weighted by Gasteiger charge is 2.36. The zero-order chi connectivity index (χ0) is 44.2. The number of hydrogen-bond donors (Lipinski definition) is 0. The van der Waals surface area contributed by atoms with E-state index in [-0.39, 0.29) is 5.41 Å². The Hall–Kier alpha value is -8.26. The van der Waals surface area contributed by atoms with E-state index in [0.717, 1.165) is 17.1 Å². The lowest BCUT2D eigenvalue weighted by Gasteiger charge is -2.32. The van der Waals surface area contributed by atoms with E-state index in [1.165, 1.54) is 99.4 Å². The van der Waals surface area contributed by atoms with Crippen LogP contribution in [0.4, 0.5) is 17.1 Å². The molecule has 11 aromatic carbocycles. The molecule has 11 aromatic rings. The Balaban J connectivity index is 1.17. The minimum Gasteiger partial charge on any atom is -0.310 e. The van der Waals surface area contributed by atoms with E-state index >= 15 is 0 Å². The van der Waals surface area contributed by atoms with Gasteiger partial charge in [-0.3, -0.25) is 0 Å². The second-order valence-electron chi connectivity index (χ2n) is 18.0. The van der Waals surface area contributed by atoms with Gasteiger partial charge in [0.05, 0.1) is 5.69 Å². The minimum atomic E-state index is -0.181. The molecule has 312 valence electrons. The van der Waals surface area contributed by atoms with Crippen LogP contribution in [0.1, 0.15) is 25.0 Å². The van der Waals surface area contributed by atoms with Crippen LogP contribution in [0.25, 0.3) is 88.3 Å². The molecule has 0 amide bonds. The largest absolute Gasteiger partial charge is 0.310 e. The molecule has 1 heteroatoms. The van der Waals surface area contributed by atoms with E-state index in [9.17, 15) is 0 Å². The molecule has 1 nitrogen and oxygen atoms in total. The fraction of sp³-hybridized carbons (Fsp3) is 0.0462. The lowest BCUT2D eigenvalue weighted by Crippen LogP contribution is -2.17. The first-order chi connectivity index (χ1) is 32.5. The van der Waals surface area contributed by atoms with Crippen LogP contribution in [0.15, 0.2) is 249 Å². The van der Waals surface area contributed by atoms with Crippen LogP contribution >= 0.6 is 0 Å². The maximum atomic E-state index is 2.53. The number of nitrogens with zero attached hydrogens (tertiary/aromatic N) is 1. The SMILES string of the molecule is CC1(C)c2ccccc2-c2ccc(N(c3ccc(-c4ccccc4)c(-c4ccccc4)c3)c3cccc(-c4ccc(-c5ccccc5)cc4)c3-c3cc4ccccc4c4ccccc34)cc21. The molecular weight excluding hydrogens is 795 g/mol. The van der Waals surface area contributed by atoms with Gasteiger partial charge in [-0.1, -0.05) is 226 Å². The molecule has 0 heterocycles. The highest BCUT2D eigenvalue weighted by Crippen LogP contribution is 2.53. The fourth-order valence-electron chi connectivity index (χ4n) is 10.6. The van der Waals surface area contributed by atoms with Crippen LogP contribution in [-0.4, -0.2) is 0 Å². The summed E-state index contributed by atoms with van der Waals surface area (Å²) in [5, 5.41) is 4.94. The number of hydrogen-bond acceptors (Lipinski definition) is 1. The van der Waals surface area contributed by atoms with Crippen molar-refractivity contribution in [1.29, 1.82) is 0 Å². The van der Waals surface area contributed by atoms with Crippen molar-refractivity contribution >= 4 is 38.6 Å². The van der Waals surface area contributed by atoms with Crippen LogP contribution in [0.5, 0.6) is 0 Å². The summed E-state index contributed by atoms with van der Waals surface area (Å²) >= 11 is 0. The number of fused-ring (bicyclic) bond motifs is 6. The lowest BCUT2D eigenvalue weighted by atomic mass is 9.82. The standard InChI is InChI=1S/C65H47N/c1-65(2)61-31-17-16-29-57(61)58-40-38-51(43-62(58)65)66(50-37-39-53(46-21-8-4-9-22-46)59(42-50)47-23-10-5-11-24-47)63-32-18-30-54(48-35-33-45(34-36-48)44-19-6-3-7-20-44)64(63)60-41-49-25-12-13-26-52(49)55-27-14-15-28-56(55)60/h3-43H,1-2H3. The first-order valence-corrected chi connectivity index (χ1v) is 23.0. The van der Waals surface area contributed by atoms with Gasteiger partial charge in [-0.05, 0) is 130 Å². The summed E-state index contributed by atoms with van der Waals surface area (Å²) in [7, 11) is 0. The maximum Gasteiger partial charge on any atom is 0.0546 e. The maximum absolute atomic E-state index is 2.53.